The van der Waals surface area contributed by atoms with Crippen LogP contribution in [0.3, 0.4) is 0 Å². The van der Waals surface area contributed by atoms with Crippen LogP contribution in [-0.4, -0.2) is 6.54 Å². The third kappa shape index (κ3) is 1.32. The quantitative estimate of drug-likeness (QED) is 0.772. The highest BCUT2D eigenvalue weighted by molar-refractivity contribution is 5.34. The molecule has 0 heterocycles. The van der Waals surface area contributed by atoms with E-state index < -0.39 is 11.6 Å². The van der Waals surface area contributed by atoms with Crippen molar-refractivity contribution in [1.82, 2.24) is 0 Å². The molecule has 2 N–H and O–H groups in total. The molecule has 1 nitrogen and oxygen atoms in total. The number of halogens is 2. The van der Waals surface area contributed by atoms with Gasteiger partial charge in [0.05, 0.1) is 0 Å². The molecule has 1 aromatic carbocycles. The molecule has 0 radical (unpaired) electrons. The van der Waals surface area contributed by atoms with E-state index in [4.69, 9.17) is 5.73 Å². The molecule has 1 aromatic rings. The van der Waals surface area contributed by atoms with Gasteiger partial charge >= 0.3 is 0 Å². The van der Waals surface area contributed by atoms with Crippen LogP contribution in [0, 0.1) is 17.6 Å². The molecule has 0 bridgehead atoms. The van der Waals surface area contributed by atoms with Gasteiger partial charge in [0.25, 0.3) is 0 Å². The van der Waals surface area contributed by atoms with Crippen molar-refractivity contribution in [2.24, 2.45) is 11.7 Å². The van der Waals surface area contributed by atoms with Crippen LogP contribution in [0.25, 0.3) is 0 Å². The molecule has 1 fully saturated rings. The fourth-order valence-corrected chi connectivity index (χ4v) is 2.13. The van der Waals surface area contributed by atoms with Crippen molar-refractivity contribution in [2.75, 3.05) is 6.54 Å². The van der Waals surface area contributed by atoms with Crippen molar-refractivity contribution in [3.8, 4) is 0 Å². The maximum atomic E-state index is 13.0. The zero-order valence-electron chi connectivity index (χ0n) is 8.06. The average molecular weight is 197 g/mol. The number of hydrogen-bond acceptors (Lipinski definition) is 1. The largest absolute Gasteiger partial charge is 0.330 e. The Balaban J connectivity index is 2.41. The van der Waals surface area contributed by atoms with E-state index in [1.165, 1.54) is 12.1 Å². The minimum atomic E-state index is -0.521. The summed E-state index contributed by atoms with van der Waals surface area (Å²) < 4.78 is 25.9. The average Bonchev–Trinajstić information content (AvgIpc) is 2.76. The van der Waals surface area contributed by atoms with E-state index in [0.717, 1.165) is 12.5 Å². The molecule has 1 aliphatic rings. The van der Waals surface area contributed by atoms with Crippen molar-refractivity contribution >= 4 is 0 Å². The summed E-state index contributed by atoms with van der Waals surface area (Å²) >= 11 is 0. The van der Waals surface area contributed by atoms with Gasteiger partial charge in [-0.05, 0) is 30.0 Å². The van der Waals surface area contributed by atoms with Crippen LogP contribution in [0.5, 0.6) is 0 Å². The molecule has 0 aromatic heterocycles. The number of benzene rings is 1. The highest BCUT2D eigenvalue weighted by Crippen LogP contribution is 2.53. The van der Waals surface area contributed by atoms with E-state index >= 15 is 0 Å². The summed E-state index contributed by atoms with van der Waals surface area (Å²) in [5.41, 5.74) is 6.17. The molecule has 76 valence electrons. The van der Waals surface area contributed by atoms with Gasteiger partial charge in [0, 0.05) is 18.0 Å². The highest BCUT2D eigenvalue weighted by Gasteiger charge is 2.51. The Morgan fingerprint density at radius 2 is 1.86 bits per heavy atom. The minimum Gasteiger partial charge on any atom is -0.330 e. The Labute approximate surface area is 81.9 Å². The number of rotatable bonds is 2. The van der Waals surface area contributed by atoms with Crippen LogP contribution >= 0.6 is 0 Å². The molecule has 2 atom stereocenters. The van der Waals surface area contributed by atoms with E-state index in [2.05, 4.69) is 6.92 Å². The first-order chi connectivity index (χ1) is 6.58. The Morgan fingerprint density at radius 1 is 1.36 bits per heavy atom. The van der Waals surface area contributed by atoms with Gasteiger partial charge in [-0.1, -0.05) is 6.92 Å². The van der Waals surface area contributed by atoms with Crippen molar-refractivity contribution in [3.05, 3.63) is 35.4 Å². The Kier molecular flexibility index (Phi) is 2.07. The standard InChI is InChI=1S/C11H13F2N/c1-7-5-11(7,6-14)8-2-9(12)4-10(13)3-8/h2-4,7H,5-6,14H2,1H3. The summed E-state index contributed by atoms with van der Waals surface area (Å²) in [6.45, 7) is 2.51. The van der Waals surface area contributed by atoms with Gasteiger partial charge in [-0.25, -0.2) is 8.78 Å². The highest BCUT2D eigenvalue weighted by atomic mass is 19.1. The lowest BCUT2D eigenvalue weighted by Crippen LogP contribution is -2.22. The Morgan fingerprint density at radius 3 is 2.21 bits per heavy atom. The van der Waals surface area contributed by atoms with E-state index in [1.807, 2.05) is 0 Å². The van der Waals surface area contributed by atoms with Gasteiger partial charge in [0.15, 0.2) is 0 Å². The lowest BCUT2D eigenvalue weighted by atomic mass is 9.93. The fraction of sp³-hybridized carbons (Fsp3) is 0.455. The van der Waals surface area contributed by atoms with E-state index in [1.54, 1.807) is 0 Å². The first-order valence-corrected chi connectivity index (χ1v) is 4.75. The maximum absolute atomic E-state index is 13.0. The Bertz CT molecular complexity index is 340. The lowest BCUT2D eigenvalue weighted by Gasteiger charge is -2.14. The SMILES string of the molecule is CC1CC1(CN)c1cc(F)cc(F)c1. The minimum absolute atomic E-state index is 0.178. The van der Waals surface area contributed by atoms with Crippen LogP contribution in [0.4, 0.5) is 8.78 Å². The molecule has 0 saturated heterocycles. The summed E-state index contributed by atoms with van der Waals surface area (Å²) in [5.74, 6) is -0.618. The predicted octanol–water partition coefficient (Wildman–Crippen LogP) is 2.20. The third-order valence-corrected chi connectivity index (χ3v) is 3.26. The van der Waals surface area contributed by atoms with E-state index in [9.17, 15) is 8.78 Å². The topological polar surface area (TPSA) is 26.0 Å². The van der Waals surface area contributed by atoms with Crippen LogP contribution in [-0.2, 0) is 5.41 Å². The summed E-state index contributed by atoms with van der Waals surface area (Å²) in [6.07, 6.45) is 0.923. The molecule has 3 heteroatoms. The normalized spacial score (nSPS) is 30.4. The van der Waals surface area contributed by atoms with E-state index in [0.29, 0.717) is 18.0 Å². The summed E-state index contributed by atoms with van der Waals surface area (Å²) in [4.78, 5) is 0. The zero-order valence-corrected chi connectivity index (χ0v) is 8.06. The molecular formula is C11H13F2N. The first-order valence-electron chi connectivity index (χ1n) is 4.75. The summed E-state index contributed by atoms with van der Waals surface area (Å²) in [6, 6.07) is 3.67. The van der Waals surface area contributed by atoms with Crippen molar-refractivity contribution < 1.29 is 8.78 Å². The monoisotopic (exact) mass is 197 g/mol. The molecule has 14 heavy (non-hydrogen) atoms. The van der Waals surface area contributed by atoms with Crippen LogP contribution in [0.15, 0.2) is 18.2 Å². The van der Waals surface area contributed by atoms with Gasteiger partial charge in [0.1, 0.15) is 11.6 Å². The molecular weight excluding hydrogens is 184 g/mol. The molecule has 0 amide bonds. The molecule has 0 aliphatic heterocycles. The number of nitrogens with two attached hydrogens (primary N) is 1. The van der Waals surface area contributed by atoms with Crippen LogP contribution in [0.1, 0.15) is 18.9 Å². The van der Waals surface area contributed by atoms with Crippen molar-refractivity contribution in [3.63, 3.8) is 0 Å². The fourth-order valence-electron chi connectivity index (χ4n) is 2.13. The predicted molar refractivity (Wildman–Crippen MR) is 50.9 cm³/mol. The maximum Gasteiger partial charge on any atom is 0.126 e. The van der Waals surface area contributed by atoms with E-state index in [-0.39, 0.29) is 5.41 Å². The first kappa shape index (κ1) is 9.59. The Hall–Kier alpha value is -0.960. The number of hydrogen-bond donors (Lipinski definition) is 1. The van der Waals surface area contributed by atoms with Gasteiger partial charge in [-0.15, -0.1) is 0 Å². The second-order valence-electron chi connectivity index (χ2n) is 4.12. The van der Waals surface area contributed by atoms with Gasteiger partial charge in [-0.3, -0.25) is 0 Å². The van der Waals surface area contributed by atoms with Gasteiger partial charge < -0.3 is 5.73 Å². The lowest BCUT2D eigenvalue weighted by molar-refractivity contribution is 0.563. The van der Waals surface area contributed by atoms with Crippen LogP contribution < -0.4 is 5.73 Å². The molecule has 1 aliphatic carbocycles. The van der Waals surface area contributed by atoms with Crippen molar-refractivity contribution in [1.29, 1.82) is 0 Å². The second kappa shape index (κ2) is 3.02. The second-order valence-corrected chi connectivity index (χ2v) is 4.12. The molecule has 1 saturated carbocycles. The smallest absolute Gasteiger partial charge is 0.126 e. The van der Waals surface area contributed by atoms with Gasteiger partial charge in [0.2, 0.25) is 0 Å². The molecule has 0 spiro atoms. The van der Waals surface area contributed by atoms with Crippen molar-refractivity contribution in [2.45, 2.75) is 18.8 Å². The third-order valence-electron chi connectivity index (χ3n) is 3.26. The van der Waals surface area contributed by atoms with Crippen LogP contribution in [0.2, 0.25) is 0 Å². The zero-order chi connectivity index (χ0) is 10.3. The molecule has 2 rings (SSSR count). The summed E-state index contributed by atoms with van der Waals surface area (Å²) in [7, 11) is 0. The summed E-state index contributed by atoms with van der Waals surface area (Å²) in [5, 5.41) is 0. The van der Waals surface area contributed by atoms with Gasteiger partial charge in [-0.2, -0.15) is 0 Å². The molecule has 2 unspecified atom stereocenters.